The fourth-order valence-electron chi connectivity index (χ4n) is 2.95. The van der Waals surface area contributed by atoms with Gasteiger partial charge in [0.25, 0.3) is 0 Å². The molecule has 0 saturated heterocycles. The molecule has 120 valence electrons. The van der Waals surface area contributed by atoms with E-state index >= 15 is 0 Å². The third-order valence-corrected chi connectivity index (χ3v) is 5.29. The number of rotatable bonds is 4. The fourth-order valence-corrected chi connectivity index (χ4v) is 3.36. The van der Waals surface area contributed by atoms with Crippen LogP contribution in [0.3, 0.4) is 0 Å². The van der Waals surface area contributed by atoms with E-state index in [1.165, 1.54) is 34.4 Å². The molecule has 1 saturated carbocycles. The van der Waals surface area contributed by atoms with E-state index in [0.717, 1.165) is 17.0 Å². The number of pyridine rings is 2. The van der Waals surface area contributed by atoms with E-state index in [2.05, 4.69) is 47.6 Å². The summed E-state index contributed by atoms with van der Waals surface area (Å²) < 4.78 is 0. The molecular weight excluding hydrogens is 312 g/mol. The highest BCUT2D eigenvalue weighted by Crippen LogP contribution is 2.42. The highest BCUT2D eigenvalue weighted by atomic mass is 32.2. The zero-order valence-corrected chi connectivity index (χ0v) is 14.8. The van der Waals surface area contributed by atoms with Gasteiger partial charge in [0.2, 0.25) is 0 Å². The summed E-state index contributed by atoms with van der Waals surface area (Å²) in [4.78, 5) is 10.5. The third-order valence-electron chi connectivity index (χ3n) is 4.54. The first-order valence-corrected chi connectivity index (χ1v) is 9.54. The molecule has 0 aliphatic heterocycles. The van der Waals surface area contributed by atoms with E-state index in [4.69, 9.17) is 4.98 Å². The summed E-state index contributed by atoms with van der Waals surface area (Å²) in [6.45, 7) is 2.01. The van der Waals surface area contributed by atoms with Gasteiger partial charge in [-0.3, -0.25) is 9.97 Å². The predicted octanol–water partition coefficient (Wildman–Crippen LogP) is 5.72. The number of aromatic nitrogens is 2. The molecule has 0 unspecified atom stereocenters. The van der Waals surface area contributed by atoms with Gasteiger partial charge in [0.15, 0.2) is 0 Å². The average molecular weight is 332 g/mol. The van der Waals surface area contributed by atoms with Crippen molar-refractivity contribution in [1.82, 2.24) is 9.97 Å². The number of hydrogen-bond acceptors (Lipinski definition) is 3. The molecule has 0 N–H and O–H groups in total. The van der Waals surface area contributed by atoms with Crippen LogP contribution in [0.2, 0.25) is 0 Å². The number of nitrogens with zero attached hydrogens (tertiary/aromatic N) is 2. The Bertz CT molecular complexity index is 850. The third kappa shape index (κ3) is 3.09. The van der Waals surface area contributed by atoms with Crippen molar-refractivity contribution < 1.29 is 0 Å². The Balaban J connectivity index is 1.84. The largest absolute Gasteiger partial charge is 0.261 e. The Morgan fingerprint density at radius 3 is 2.29 bits per heavy atom. The van der Waals surface area contributed by atoms with E-state index in [1.807, 2.05) is 25.4 Å². The minimum atomic E-state index is 0.701. The van der Waals surface area contributed by atoms with Gasteiger partial charge < -0.3 is 0 Å². The van der Waals surface area contributed by atoms with Crippen LogP contribution in [0.25, 0.3) is 22.4 Å². The molecule has 1 aliphatic carbocycles. The van der Waals surface area contributed by atoms with Crippen LogP contribution in [-0.4, -0.2) is 16.2 Å². The molecule has 1 aromatic carbocycles. The highest BCUT2D eigenvalue weighted by Gasteiger charge is 2.25. The minimum Gasteiger partial charge on any atom is -0.261 e. The van der Waals surface area contributed by atoms with Crippen molar-refractivity contribution in [1.29, 1.82) is 0 Å². The first-order valence-electron chi connectivity index (χ1n) is 8.32. The SMILES string of the molecule is CSc1ccc(-c2cc(C3CC3)cnc2-c2ccc(C)nc2)cc1. The Labute approximate surface area is 147 Å². The zero-order chi connectivity index (χ0) is 16.5. The zero-order valence-electron chi connectivity index (χ0n) is 14.0. The molecule has 0 amide bonds. The van der Waals surface area contributed by atoms with E-state index in [-0.39, 0.29) is 0 Å². The summed E-state index contributed by atoms with van der Waals surface area (Å²) in [5, 5.41) is 0. The summed E-state index contributed by atoms with van der Waals surface area (Å²) in [6.07, 6.45) is 8.66. The summed E-state index contributed by atoms with van der Waals surface area (Å²) in [7, 11) is 0. The molecule has 4 rings (SSSR count). The average Bonchev–Trinajstić information content (AvgIpc) is 3.47. The Morgan fingerprint density at radius 1 is 0.917 bits per heavy atom. The van der Waals surface area contributed by atoms with Crippen molar-refractivity contribution in [3.8, 4) is 22.4 Å². The number of benzene rings is 1. The lowest BCUT2D eigenvalue weighted by Crippen LogP contribution is -1.94. The van der Waals surface area contributed by atoms with Gasteiger partial charge in [0.05, 0.1) is 5.69 Å². The number of aryl methyl sites for hydroxylation is 1. The fraction of sp³-hybridized carbons (Fsp3) is 0.238. The van der Waals surface area contributed by atoms with Crippen molar-refractivity contribution in [2.24, 2.45) is 0 Å². The van der Waals surface area contributed by atoms with Crippen LogP contribution in [0.5, 0.6) is 0 Å². The molecule has 0 bridgehead atoms. The lowest BCUT2D eigenvalue weighted by Gasteiger charge is -2.12. The second-order valence-electron chi connectivity index (χ2n) is 6.36. The van der Waals surface area contributed by atoms with E-state index < -0.39 is 0 Å². The number of thioether (sulfide) groups is 1. The van der Waals surface area contributed by atoms with Crippen molar-refractivity contribution >= 4 is 11.8 Å². The Hall–Kier alpha value is -2.13. The van der Waals surface area contributed by atoms with Crippen LogP contribution >= 0.6 is 11.8 Å². The Kier molecular flexibility index (Phi) is 4.11. The number of hydrogen-bond donors (Lipinski definition) is 0. The maximum atomic E-state index is 4.81. The lowest BCUT2D eigenvalue weighted by molar-refractivity contribution is 1.09. The molecule has 24 heavy (non-hydrogen) atoms. The second-order valence-corrected chi connectivity index (χ2v) is 7.24. The van der Waals surface area contributed by atoms with Gasteiger partial charge in [0.1, 0.15) is 0 Å². The monoisotopic (exact) mass is 332 g/mol. The summed E-state index contributed by atoms with van der Waals surface area (Å²) in [5.41, 5.74) is 6.91. The standard InChI is InChI=1S/C21H20N2S/c1-14-3-4-17(12-22-14)21-20(11-18(13-23-21)15-5-6-15)16-7-9-19(24-2)10-8-16/h3-4,7-13,15H,5-6H2,1-2H3. The van der Waals surface area contributed by atoms with Gasteiger partial charge in [-0.2, -0.15) is 0 Å². The van der Waals surface area contributed by atoms with Crippen molar-refractivity contribution in [2.45, 2.75) is 30.6 Å². The van der Waals surface area contributed by atoms with Crippen LogP contribution in [0, 0.1) is 6.92 Å². The second kappa shape index (κ2) is 6.40. The van der Waals surface area contributed by atoms with Gasteiger partial charge in [-0.15, -0.1) is 11.8 Å². The minimum absolute atomic E-state index is 0.701. The highest BCUT2D eigenvalue weighted by molar-refractivity contribution is 7.98. The van der Waals surface area contributed by atoms with Crippen LogP contribution in [-0.2, 0) is 0 Å². The van der Waals surface area contributed by atoms with Gasteiger partial charge >= 0.3 is 0 Å². The Morgan fingerprint density at radius 2 is 1.67 bits per heavy atom. The smallest absolute Gasteiger partial charge is 0.0795 e. The van der Waals surface area contributed by atoms with Crippen LogP contribution < -0.4 is 0 Å². The first kappa shape index (κ1) is 15.4. The molecule has 0 spiro atoms. The molecule has 1 fully saturated rings. The van der Waals surface area contributed by atoms with Crippen LogP contribution in [0.4, 0.5) is 0 Å². The topological polar surface area (TPSA) is 25.8 Å². The van der Waals surface area contributed by atoms with Crippen molar-refractivity contribution in [3.63, 3.8) is 0 Å². The molecule has 0 radical (unpaired) electrons. The molecule has 0 atom stereocenters. The molecule has 3 aromatic rings. The van der Waals surface area contributed by atoms with Crippen molar-refractivity contribution in [2.75, 3.05) is 6.26 Å². The van der Waals surface area contributed by atoms with Gasteiger partial charge in [-0.05, 0) is 73.4 Å². The van der Waals surface area contributed by atoms with Crippen LogP contribution in [0.15, 0.2) is 59.8 Å². The van der Waals surface area contributed by atoms with E-state index in [9.17, 15) is 0 Å². The molecule has 2 heterocycles. The molecule has 2 aromatic heterocycles. The van der Waals surface area contributed by atoms with E-state index in [1.54, 1.807) is 11.8 Å². The summed E-state index contributed by atoms with van der Waals surface area (Å²) in [6, 6.07) is 15.2. The summed E-state index contributed by atoms with van der Waals surface area (Å²) in [5.74, 6) is 0.701. The summed E-state index contributed by atoms with van der Waals surface area (Å²) >= 11 is 1.77. The predicted molar refractivity (Wildman–Crippen MR) is 101 cm³/mol. The van der Waals surface area contributed by atoms with Crippen molar-refractivity contribution in [3.05, 3.63) is 66.1 Å². The molecule has 3 heteroatoms. The molecular formula is C21H20N2S. The molecule has 2 nitrogen and oxygen atoms in total. The lowest BCUT2D eigenvalue weighted by atomic mass is 9.97. The van der Waals surface area contributed by atoms with Gasteiger partial charge in [-0.1, -0.05) is 12.1 Å². The van der Waals surface area contributed by atoms with Gasteiger partial charge in [-0.25, -0.2) is 0 Å². The maximum absolute atomic E-state index is 4.81. The normalized spacial score (nSPS) is 13.9. The first-order chi connectivity index (χ1) is 11.7. The van der Waals surface area contributed by atoms with E-state index in [0.29, 0.717) is 5.92 Å². The van der Waals surface area contributed by atoms with Gasteiger partial charge in [0, 0.05) is 34.1 Å². The quantitative estimate of drug-likeness (QED) is 0.572. The van der Waals surface area contributed by atoms with Crippen LogP contribution in [0.1, 0.15) is 30.0 Å². The maximum Gasteiger partial charge on any atom is 0.0795 e. The molecule has 1 aliphatic rings.